The van der Waals surface area contributed by atoms with E-state index >= 15 is 0 Å². The lowest BCUT2D eigenvalue weighted by molar-refractivity contribution is -0.125. The second-order valence-electron chi connectivity index (χ2n) is 7.95. The number of nitrogens with one attached hydrogen (secondary N) is 1. The highest BCUT2D eigenvalue weighted by atomic mass is 16.5. The molecular formula is C22H25NO4. The number of hydrogen-bond donors (Lipinski definition) is 2. The highest BCUT2D eigenvalue weighted by molar-refractivity contribution is 6.01. The molecule has 5 heteroatoms. The van der Waals surface area contributed by atoms with Crippen molar-refractivity contribution in [1.29, 1.82) is 0 Å². The number of hydrogen-bond acceptors (Lipinski definition) is 4. The third kappa shape index (κ3) is 3.51. The van der Waals surface area contributed by atoms with Crippen molar-refractivity contribution in [1.82, 2.24) is 5.32 Å². The van der Waals surface area contributed by atoms with E-state index in [1.54, 1.807) is 18.2 Å². The number of esters is 1. The third-order valence-electron chi connectivity index (χ3n) is 6.28. The second kappa shape index (κ2) is 7.22. The van der Waals surface area contributed by atoms with Gasteiger partial charge in [0.1, 0.15) is 11.3 Å². The summed E-state index contributed by atoms with van der Waals surface area (Å²) in [6, 6.07) is 10.6. The molecule has 0 aliphatic heterocycles. The molecule has 0 radical (unpaired) electrons. The molecule has 0 unspecified atom stereocenters. The van der Waals surface area contributed by atoms with Crippen LogP contribution in [0.3, 0.4) is 0 Å². The van der Waals surface area contributed by atoms with E-state index in [9.17, 15) is 14.7 Å². The Morgan fingerprint density at radius 1 is 1.19 bits per heavy atom. The first-order valence-electron chi connectivity index (χ1n) is 9.70. The fraction of sp³-hybridized carbons (Fsp3) is 0.455. The number of aromatic hydroxyl groups is 1. The minimum atomic E-state index is -0.694. The number of benzene rings is 2. The molecule has 2 bridgehead atoms. The molecule has 2 saturated carbocycles. The Bertz CT molecular complexity index is 878. The molecule has 5 nitrogen and oxygen atoms in total. The topological polar surface area (TPSA) is 75.6 Å². The van der Waals surface area contributed by atoms with Gasteiger partial charge in [-0.3, -0.25) is 4.79 Å². The number of ether oxygens (including phenoxy) is 1. The van der Waals surface area contributed by atoms with Crippen molar-refractivity contribution in [2.24, 2.45) is 17.8 Å². The molecule has 2 aliphatic rings. The molecule has 0 aromatic heterocycles. The van der Waals surface area contributed by atoms with E-state index in [1.807, 2.05) is 19.1 Å². The number of fused-ring (bicyclic) bond motifs is 3. The summed E-state index contributed by atoms with van der Waals surface area (Å²) in [5.41, 5.74) is 0.0719. The summed E-state index contributed by atoms with van der Waals surface area (Å²) in [7, 11) is 0. The molecule has 142 valence electrons. The van der Waals surface area contributed by atoms with E-state index in [-0.39, 0.29) is 29.9 Å². The highest BCUT2D eigenvalue weighted by Crippen LogP contribution is 2.49. The Kier molecular flexibility index (Phi) is 4.77. The summed E-state index contributed by atoms with van der Waals surface area (Å²) in [6.45, 7) is 1.70. The standard InChI is InChI=1S/C22H25NO4/c1-13(19-11-14-6-7-16(19)10-14)23-20(24)12-27-22(26)18-9-8-15-4-2-3-5-17(15)21(18)25/h2-5,8-9,13-14,16,19,25H,6-7,10-12H2,1H3,(H,23,24)/t13-,14+,16+,19+/m1/s1. The van der Waals surface area contributed by atoms with E-state index in [0.29, 0.717) is 11.3 Å². The number of phenolic OH excluding ortho intramolecular Hbond substituents is 1. The van der Waals surface area contributed by atoms with Gasteiger partial charge in [-0.05, 0) is 55.4 Å². The van der Waals surface area contributed by atoms with Gasteiger partial charge in [0.15, 0.2) is 6.61 Å². The average molecular weight is 367 g/mol. The van der Waals surface area contributed by atoms with Gasteiger partial charge in [-0.15, -0.1) is 0 Å². The van der Waals surface area contributed by atoms with Crippen LogP contribution in [0.4, 0.5) is 0 Å². The normalized spacial score (nSPS) is 24.7. The Morgan fingerprint density at radius 2 is 2.00 bits per heavy atom. The van der Waals surface area contributed by atoms with E-state index < -0.39 is 5.97 Å². The lowest BCUT2D eigenvalue weighted by Crippen LogP contribution is -2.42. The number of amides is 1. The quantitative estimate of drug-likeness (QED) is 0.791. The fourth-order valence-corrected chi connectivity index (χ4v) is 4.94. The highest BCUT2D eigenvalue weighted by Gasteiger charge is 2.42. The van der Waals surface area contributed by atoms with Crippen molar-refractivity contribution < 1.29 is 19.4 Å². The van der Waals surface area contributed by atoms with Crippen LogP contribution in [0.15, 0.2) is 36.4 Å². The maximum absolute atomic E-state index is 12.3. The Balaban J connectivity index is 1.34. The number of phenols is 1. The molecule has 0 heterocycles. The van der Waals surface area contributed by atoms with Gasteiger partial charge in [0.2, 0.25) is 0 Å². The monoisotopic (exact) mass is 367 g/mol. The smallest absolute Gasteiger partial charge is 0.342 e. The van der Waals surface area contributed by atoms with E-state index in [1.165, 1.54) is 31.7 Å². The second-order valence-corrected chi connectivity index (χ2v) is 7.95. The first kappa shape index (κ1) is 17.8. The van der Waals surface area contributed by atoms with Crippen molar-refractivity contribution >= 4 is 22.6 Å². The van der Waals surface area contributed by atoms with Gasteiger partial charge in [-0.25, -0.2) is 4.79 Å². The van der Waals surface area contributed by atoms with Crippen LogP contribution in [0, 0.1) is 17.8 Å². The molecule has 2 fully saturated rings. The van der Waals surface area contributed by atoms with Crippen molar-refractivity contribution in [3.8, 4) is 5.75 Å². The third-order valence-corrected chi connectivity index (χ3v) is 6.28. The summed E-state index contributed by atoms with van der Waals surface area (Å²) < 4.78 is 5.13. The molecule has 2 N–H and O–H groups in total. The van der Waals surface area contributed by atoms with Crippen LogP contribution in [-0.4, -0.2) is 29.6 Å². The molecule has 2 aliphatic carbocycles. The van der Waals surface area contributed by atoms with Crippen LogP contribution in [0.2, 0.25) is 0 Å². The zero-order valence-corrected chi connectivity index (χ0v) is 15.5. The van der Waals surface area contributed by atoms with Gasteiger partial charge in [0, 0.05) is 11.4 Å². The maximum Gasteiger partial charge on any atom is 0.342 e. The van der Waals surface area contributed by atoms with Crippen molar-refractivity contribution in [3.63, 3.8) is 0 Å². The number of rotatable bonds is 5. The van der Waals surface area contributed by atoms with Crippen molar-refractivity contribution in [2.45, 2.75) is 38.6 Å². The van der Waals surface area contributed by atoms with Crippen LogP contribution in [0.1, 0.15) is 43.0 Å². The Morgan fingerprint density at radius 3 is 2.74 bits per heavy atom. The zero-order chi connectivity index (χ0) is 19.0. The van der Waals surface area contributed by atoms with Crippen LogP contribution >= 0.6 is 0 Å². The van der Waals surface area contributed by atoms with Gasteiger partial charge in [-0.1, -0.05) is 36.8 Å². The maximum atomic E-state index is 12.3. The molecule has 4 atom stereocenters. The van der Waals surface area contributed by atoms with Crippen LogP contribution < -0.4 is 5.32 Å². The first-order valence-corrected chi connectivity index (χ1v) is 9.70. The van der Waals surface area contributed by atoms with Gasteiger partial charge in [-0.2, -0.15) is 0 Å². The molecule has 27 heavy (non-hydrogen) atoms. The predicted molar refractivity (Wildman–Crippen MR) is 102 cm³/mol. The van der Waals surface area contributed by atoms with E-state index in [4.69, 9.17) is 4.74 Å². The van der Waals surface area contributed by atoms with E-state index in [2.05, 4.69) is 5.32 Å². The molecular weight excluding hydrogens is 342 g/mol. The molecule has 0 spiro atoms. The molecule has 2 aromatic carbocycles. The molecule has 4 rings (SSSR count). The molecule has 0 saturated heterocycles. The molecule has 2 aromatic rings. The first-order chi connectivity index (χ1) is 13.0. The fourth-order valence-electron chi connectivity index (χ4n) is 4.94. The number of carbonyl (C=O) groups is 2. The zero-order valence-electron chi connectivity index (χ0n) is 15.5. The van der Waals surface area contributed by atoms with Crippen LogP contribution in [0.5, 0.6) is 5.75 Å². The SMILES string of the molecule is C[C@@H](NC(=O)COC(=O)c1ccc2ccccc2c1O)[C@@H]1C[C@H]2CC[C@H]1C2. The summed E-state index contributed by atoms with van der Waals surface area (Å²) in [5, 5.41) is 14.7. The summed E-state index contributed by atoms with van der Waals surface area (Å²) in [4.78, 5) is 24.5. The largest absolute Gasteiger partial charge is 0.506 e. The van der Waals surface area contributed by atoms with Gasteiger partial charge in [0.05, 0.1) is 0 Å². The van der Waals surface area contributed by atoms with Gasteiger partial charge in [0.25, 0.3) is 5.91 Å². The number of carbonyl (C=O) groups excluding carboxylic acids is 2. The average Bonchev–Trinajstić information content (AvgIpc) is 3.30. The van der Waals surface area contributed by atoms with E-state index in [0.717, 1.165) is 17.2 Å². The lowest BCUT2D eigenvalue weighted by Gasteiger charge is -2.28. The minimum Gasteiger partial charge on any atom is -0.506 e. The van der Waals surface area contributed by atoms with Crippen LogP contribution in [-0.2, 0) is 9.53 Å². The van der Waals surface area contributed by atoms with Crippen molar-refractivity contribution in [3.05, 3.63) is 42.0 Å². The lowest BCUT2D eigenvalue weighted by atomic mass is 9.84. The minimum absolute atomic E-state index is 0.0719. The van der Waals surface area contributed by atoms with Gasteiger partial charge < -0.3 is 15.2 Å². The van der Waals surface area contributed by atoms with Gasteiger partial charge >= 0.3 is 5.97 Å². The molecule has 1 amide bonds. The van der Waals surface area contributed by atoms with Crippen LogP contribution in [0.25, 0.3) is 10.8 Å². The summed E-state index contributed by atoms with van der Waals surface area (Å²) >= 11 is 0. The Labute approximate surface area is 158 Å². The Hall–Kier alpha value is -2.56. The van der Waals surface area contributed by atoms with Crippen molar-refractivity contribution in [2.75, 3.05) is 6.61 Å². The summed E-state index contributed by atoms with van der Waals surface area (Å²) in [6.07, 6.45) is 5.08. The summed E-state index contributed by atoms with van der Waals surface area (Å²) in [5.74, 6) is 0.983. The predicted octanol–water partition coefficient (Wildman–Crippen LogP) is 3.64.